The first-order chi connectivity index (χ1) is 7.20. The number of anilines is 1. The van der Waals surface area contributed by atoms with E-state index in [9.17, 15) is 4.79 Å². The molecule has 0 aromatic heterocycles. The molecule has 1 amide bonds. The number of hydrogen-bond acceptors (Lipinski definition) is 3. The maximum atomic E-state index is 11.1. The standard InChI is InChI=1S/C10H11BrN2O2/c11-7-3-6(1-2-12)10-8(4-7)13-9(14)5-15-10/h3-4H,1-2,5,12H2,(H,13,14). The van der Waals surface area contributed by atoms with Crippen LogP contribution in [0, 0.1) is 0 Å². The zero-order valence-electron chi connectivity index (χ0n) is 8.05. The molecule has 1 heterocycles. The summed E-state index contributed by atoms with van der Waals surface area (Å²) in [5, 5.41) is 2.76. The molecule has 80 valence electrons. The van der Waals surface area contributed by atoms with Crippen molar-refractivity contribution in [3.8, 4) is 5.75 Å². The first-order valence-electron chi connectivity index (χ1n) is 4.66. The fourth-order valence-corrected chi connectivity index (χ4v) is 2.08. The molecule has 1 aliphatic rings. The largest absolute Gasteiger partial charge is 0.481 e. The van der Waals surface area contributed by atoms with Gasteiger partial charge in [0.1, 0.15) is 5.75 Å². The minimum atomic E-state index is -0.126. The van der Waals surface area contributed by atoms with Crippen LogP contribution in [-0.2, 0) is 11.2 Å². The van der Waals surface area contributed by atoms with Gasteiger partial charge in [0.2, 0.25) is 0 Å². The number of carbonyl (C=O) groups excluding carboxylic acids is 1. The van der Waals surface area contributed by atoms with Crippen LogP contribution in [0.15, 0.2) is 16.6 Å². The highest BCUT2D eigenvalue weighted by atomic mass is 79.9. The van der Waals surface area contributed by atoms with E-state index >= 15 is 0 Å². The summed E-state index contributed by atoms with van der Waals surface area (Å²) in [4.78, 5) is 11.1. The molecular formula is C10H11BrN2O2. The highest BCUT2D eigenvalue weighted by Gasteiger charge is 2.19. The van der Waals surface area contributed by atoms with Gasteiger partial charge in [-0.1, -0.05) is 15.9 Å². The quantitative estimate of drug-likeness (QED) is 0.851. The van der Waals surface area contributed by atoms with Crippen LogP contribution in [0.3, 0.4) is 0 Å². The molecule has 15 heavy (non-hydrogen) atoms. The van der Waals surface area contributed by atoms with E-state index in [1.807, 2.05) is 12.1 Å². The molecule has 1 aromatic rings. The Labute approximate surface area is 95.9 Å². The van der Waals surface area contributed by atoms with Gasteiger partial charge >= 0.3 is 0 Å². The third kappa shape index (κ3) is 2.13. The zero-order valence-corrected chi connectivity index (χ0v) is 9.63. The van der Waals surface area contributed by atoms with E-state index in [0.717, 1.165) is 22.2 Å². The normalized spacial score (nSPS) is 14.1. The van der Waals surface area contributed by atoms with Crippen LogP contribution in [-0.4, -0.2) is 19.1 Å². The van der Waals surface area contributed by atoms with Gasteiger partial charge in [-0.2, -0.15) is 0 Å². The van der Waals surface area contributed by atoms with Gasteiger partial charge in [-0.25, -0.2) is 0 Å². The van der Waals surface area contributed by atoms with Crippen molar-refractivity contribution in [2.45, 2.75) is 6.42 Å². The van der Waals surface area contributed by atoms with Gasteiger partial charge in [0, 0.05) is 4.47 Å². The van der Waals surface area contributed by atoms with Crippen LogP contribution in [0.25, 0.3) is 0 Å². The van der Waals surface area contributed by atoms with Crippen molar-refractivity contribution in [2.24, 2.45) is 5.73 Å². The average molecular weight is 271 g/mol. The third-order valence-corrected chi connectivity index (χ3v) is 2.62. The molecule has 0 spiro atoms. The van der Waals surface area contributed by atoms with E-state index in [0.29, 0.717) is 12.2 Å². The van der Waals surface area contributed by atoms with E-state index in [4.69, 9.17) is 10.5 Å². The SMILES string of the molecule is NCCc1cc(Br)cc2c1OCC(=O)N2. The first kappa shape index (κ1) is 10.4. The fraction of sp³-hybridized carbons (Fsp3) is 0.300. The molecule has 4 nitrogen and oxygen atoms in total. The van der Waals surface area contributed by atoms with Crippen LogP contribution < -0.4 is 15.8 Å². The second-order valence-corrected chi connectivity index (χ2v) is 4.23. The summed E-state index contributed by atoms with van der Waals surface area (Å²) in [6.07, 6.45) is 0.734. The van der Waals surface area contributed by atoms with Crippen molar-refractivity contribution in [2.75, 3.05) is 18.5 Å². The van der Waals surface area contributed by atoms with Gasteiger partial charge in [0.15, 0.2) is 6.61 Å². The topological polar surface area (TPSA) is 64.3 Å². The average Bonchev–Trinajstić information content (AvgIpc) is 2.17. The smallest absolute Gasteiger partial charge is 0.262 e. The second-order valence-electron chi connectivity index (χ2n) is 3.32. The van der Waals surface area contributed by atoms with Crippen LogP contribution in [0.5, 0.6) is 5.75 Å². The molecule has 1 aromatic carbocycles. The molecule has 1 aliphatic heterocycles. The van der Waals surface area contributed by atoms with Crippen molar-refractivity contribution in [1.29, 1.82) is 0 Å². The lowest BCUT2D eigenvalue weighted by Gasteiger charge is -2.21. The number of benzene rings is 1. The van der Waals surface area contributed by atoms with E-state index in [-0.39, 0.29) is 12.5 Å². The number of hydrogen-bond donors (Lipinski definition) is 2. The van der Waals surface area contributed by atoms with Gasteiger partial charge < -0.3 is 15.8 Å². The van der Waals surface area contributed by atoms with Gasteiger partial charge in [-0.05, 0) is 30.7 Å². The van der Waals surface area contributed by atoms with E-state index in [1.165, 1.54) is 0 Å². The minimum Gasteiger partial charge on any atom is -0.481 e. The molecule has 0 fully saturated rings. The lowest BCUT2D eigenvalue weighted by molar-refractivity contribution is -0.118. The summed E-state index contributed by atoms with van der Waals surface area (Å²) in [7, 11) is 0. The highest BCUT2D eigenvalue weighted by Crippen LogP contribution is 2.35. The van der Waals surface area contributed by atoms with Gasteiger partial charge in [-0.3, -0.25) is 4.79 Å². The van der Waals surface area contributed by atoms with E-state index in [1.54, 1.807) is 0 Å². The second kappa shape index (κ2) is 4.20. The van der Waals surface area contributed by atoms with Crippen molar-refractivity contribution < 1.29 is 9.53 Å². The predicted octanol–water partition coefficient (Wildman–Crippen LogP) is 1.28. The molecule has 0 saturated heterocycles. The summed E-state index contributed by atoms with van der Waals surface area (Å²) >= 11 is 3.38. The Morgan fingerprint density at radius 2 is 2.33 bits per heavy atom. The number of nitrogens with two attached hydrogens (primary N) is 1. The minimum absolute atomic E-state index is 0.0756. The Bertz CT molecular complexity index is 407. The molecule has 2 rings (SSSR count). The molecule has 0 saturated carbocycles. The molecule has 0 aliphatic carbocycles. The Morgan fingerprint density at radius 3 is 3.07 bits per heavy atom. The number of carbonyl (C=O) groups is 1. The monoisotopic (exact) mass is 270 g/mol. The Kier molecular flexibility index (Phi) is 2.93. The lowest BCUT2D eigenvalue weighted by Crippen LogP contribution is -2.26. The van der Waals surface area contributed by atoms with Crippen molar-refractivity contribution in [3.63, 3.8) is 0 Å². The van der Waals surface area contributed by atoms with Gasteiger partial charge in [0.25, 0.3) is 5.91 Å². The molecule has 5 heteroatoms. The van der Waals surface area contributed by atoms with E-state index < -0.39 is 0 Å². The van der Waals surface area contributed by atoms with Gasteiger partial charge in [0.05, 0.1) is 5.69 Å². The van der Waals surface area contributed by atoms with Crippen molar-refractivity contribution in [1.82, 2.24) is 0 Å². The first-order valence-corrected chi connectivity index (χ1v) is 5.45. The van der Waals surface area contributed by atoms with Crippen LogP contribution in [0.4, 0.5) is 5.69 Å². The summed E-state index contributed by atoms with van der Waals surface area (Å²) in [5.74, 6) is 0.613. The van der Waals surface area contributed by atoms with Crippen LogP contribution in [0.2, 0.25) is 0 Å². The molecule has 0 atom stereocenters. The van der Waals surface area contributed by atoms with Gasteiger partial charge in [-0.15, -0.1) is 0 Å². The fourth-order valence-electron chi connectivity index (χ4n) is 1.58. The number of amides is 1. The van der Waals surface area contributed by atoms with E-state index in [2.05, 4.69) is 21.2 Å². The molecular weight excluding hydrogens is 260 g/mol. The zero-order chi connectivity index (χ0) is 10.8. The number of ether oxygens (including phenoxy) is 1. The summed E-state index contributed by atoms with van der Waals surface area (Å²) in [6.45, 7) is 0.631. The summed E-state index contributed by atoms with van der Waals surface area (Å²) in [6, 6.07) is 3.79. The number of nitrogens with one attached hydrogen (secondary N) is 1. The highest BCUT2D eigenvalue weighted by molar-refractivity contribution is 9.10. The number of rotatable bonds is 2. The Morgan fingerprint density at radius 1 is 1.53 bits per heavy atom. The molecule has 0 bridgehead atoms. The van der Waals surface area contributed by atoms with Crippen molar-refractivity contribution >= 4 is 27.5 Å². The number of fused-ring (bicyclic) bond motifs is 1. The maximum Gasteiger partial charge on any atom is 0.262 e. The molecule has 0 unspecified atom stereocenters. The lowest BCUT2D eigenvalue weighted by atomic mass is 10.1. The van der Waals surface area contributed by atoms with Crippen LogP contribution >= 0.6 is 15.9 Å². The summed E-state index contributed by atoms with van der Waals surface area (Å²) in [5.41, 5.74) is 7.24. The Hall–Kier alpha value is -1.07. The molecule has 3 N–H and O–H groups in total. The third-order valence-electron chi connectivity index (χ3n) is 2.17. The summed E-state index contributed by atoms with van der Waals surface area (Å²) < 4.78 is 6.30. The molecule has 0 radical (unpaired) electrons. The van der Waals surface area contributed by atoms with Crippen molar-refractivity contribution in [3.05, 3.63) is 22.2 Å². The number of halogens is 1. The Balaban J connectivity index is 2.44. The van der Waals surface area contributed by atoms with Crippen LogP contribution in [0.1, 0.15) is 5.56 Å². The maximum absolute atomic E-state index is 11.1. The predicted molar refractivity (Wildman–Crippen MR) is 61.0 cm³/mol.